The van der Waals surface area contributed by atoms with Crippen molar-refractivity contribution in [3.63, 3.8) is 0 Å². The molecule has 0 N–H and O–H groups in total. The van der Waals surface area contributed by atoms with Crippen LogP contribution in [-0.2, 0) is 11.4 Å². The third-order valence-electron chi connectivity index (χ3n) is 4.59. The first-order chi connectivity index (χ1) is 9.20. The van der Waals surface area contributed by atoms with Gasteiger partial charge in [0.25, 0.3) is 0 Å². The first-order valence-electron chi connectivity index (χ1n) is 7.02. The first-order valence-corrected chi connectivity index (χ1v) is 7.02. The van der Waals surface area contributed by atoms with Crippen LogP contribution in [0.15, 0.2) is 42.6 Å². The Bertz CT molecular complexity index is 449. The van der Waals surface area contributed by atoms with Gasteiger partial charge in [-0.1, -0.05) is 36.9 Å². The largest absolute Gasteiger partial charge is 0.299 e. The van der Waals surface area contributed by atoms with Crippen LogP contribution >= 0.6 is 0 Å². The van der Waals surface area contributed by atoms with Gasteiger partial charge in [0.05, 0.1) is 6.61 Å². The van der Waals surface area contributed by atoms with E-state index in [4.69, 9.17) is 4.84 Å². The van der Waals surface area contributed by atoms with Crippen molar-refractivity contribution >= 4 is 0 Å². The molecule has 3 rings (SSSR count). The average Bonchev–Trinajstić information content (AvgIpc) is 2.72. The van der Waals surface area contributed by atoms with Gasteiger partial charge >= 0.3 is 0 Å². The van der Waals surface area contributed by atoms with Gasteiger partial charge in [-0.25, -0.2) is 0 Å². The highest BCUT2D eigenvalue weighted by Gasteiger charge is 2.43. The molecule has 3 nitrogen and oxygen atoms in total. The van der Waals surface area contributed by atoms with Crippen LogP contribution in [0, 0.1) is 5.41 Å². The van der Waals surface area contributed by atoms with Crippen LogP contribution in [0.3, 0.4) is 0 Å². The van der Waals surface area contributed by atoms with Crippen molar-refractivity contribution in [3.8, 4) is 0 Å². The van der Waals surface area contributed by atoms with Crippen LogP contribution in [-0.4, -0.2) is 36.7 Å². The van der Waals surface area contributed by atoms with Crippen molar-refractivity contribution in [2.45, 2.75) is 19.4 Å². The van der Waals surface area contributed by atoms with Crippen molar-refractivity contribution in [1.82, 2.24) is 9.96 Å². The lowest BCUT2D eigenvalue weighted by atomic mass is 9.77. The topological polar surface area (TPSA) is 15.7 Å². The van der Waals surface area contributed by atoms with Crippen molar-refractivity contribution < 1.29 is 4.84 Å². The number of likely N-dealkylation sites (tertiary alicyclic amines) is 1. The number of benzene rings is 1. The van der Waals surface area contributed by atoms with Gasteiger partial charge in [-0.05, 0) is 31.5 Å². The summed E-state index contributed by atoms with van der Waals surface area (Å²) in [7, 11) is 1.97. The zero-order valence-corrected chi connectivity index (χ0v) is 11.6. The predicted molar refractivity (Wildman–Crippen MR) is 76.2 cm³/mol. The minimum Gasteiger partial charge on any atom is -0.299 e. The average molecular weight is 258 g/mol. The molecule has 1 aromatic carbocycles. The van der Waals surface area contributed by atoms with E-state index in [1.165, 1.54) is 5.56 Å². The number of nitrogens with zero attached hydrogens (tertiary/aromatic N) is 2. The molecule has 3 heteroatoms. The Morgan fingerprint density at radius 2 is 1.89 bits per heavy atom. The van der Waals surface area contributed by atoms with Crippen molar-refractivity contribution in [3.05, 3.63) is 48.2 Å². The van der Waals surface area contributed by atoms with E-state index in [9.17, 15) is 0 Å². The molecule has 2 aliphatic heterocycles. The summed E-state index contributed by atoms with van der Waals surface area (Å²) in [5.74, 6) is 0. The van der Waals surface area contributed by atoms with Crippen molar-refractivity contribution in [2.75, 3.05) is 26.7 Å². The molecule has 0 atom stereocenters. The van der Waals surface area contributed by atoms with Crippen LogP contribution in [0.5, 0.6) is 0 Å². The molecule has 0 unspecified atom stereocenters. The van der Waals surface area contributed by atoms with E-state index >= 15 is 0 Å². The van der Waals surface area contributed by atoms with Gasteiger partial charge in [-0.15, -0.1) is 0 Å². The van der Waals surface area contributed by atoms with Gasteiger partial charge < -0.3 is 0 Å². The molecule has 102 valence electrons. The molecule has 19 heavy (non-hydrogen) atoms. The van der Waals surface area contributed by atoms with E-state index in [-0.39, 0.29) is 5.41 Å². The molecule has 0 aliphatic carbocycles. The second-order valence-electron chi connectivity index (χ2n) is 5.76. The van der Waals surface area contributed by atoms with E-state index in [1.807, 2.05) is 12.1 Å². The summed E-state index contributed by atoms with van der Waals surface area (Å²) in [6, 6.07) is 10.7. The normalized spacial score (nSPS) is 23.2. The summed E-state index contributed by atoms with van der Waals surface area (Å²) in [5, 5.41) is 1.85. The van der Waals surface area contributed by atoms with Gasteiger partial charge in [-0.3, -0.25) is 14.8 Å². The van der Waals surface area contributed by atoms with Crippen LogP contribution in [0.25, 0.3) is 0 Å². The quantitative estimate of drug-likeness (QED) is 0.811. The third kappa shape index (κ3) is 2.40. The summed E-state index contributed by atoms with van der Waals surface area (Å²) in [6.07, 6.45) is 2.31. The lowest BCUT2D eigenvalue weighted by Crippen LogP contribution is -2.41. The number of piperidine rings is 1. The Labute approximate surface area is 115 Å². The fraction of sp³-hybridized carbons (Fsp3) is 0.500. The maximum Gasteiger partial charge on any atom is 0.0861 e. The summed E-state index contributed by atoms with van der Waals surface area (Å²) in [4.78, 5) is 8.16. The monoisotopic (exact) mass is 258 g/mol. The maximum absolute atomic E-state index is 5.63. The zero-order valence-electron chi connectivity index (χ0n) is 11.6. The third-order valence-corrected chi connectivity index (χ3v) is 4.59. The fourth-order valence-electron chi connectivity index (χ4n) is 3.13. The molecule has 0 amide bonds. The van der Waals surface area contributed by atoms with Crippen molar-refractivity contribution in [1.29, 1.82) is 0 Å². The summed E-state index contributed by atoms with van der Waals surface area (Å²) >= 11 is 0. The van der Waals surface area contributed by atoms with E-state index in [1.54, 1.807) is 0 Å². The second kappa shape index (κ2) is 4.99. The molecule has 1 aromatic rings. The highest BCUT2D eigenvalue weighted by atomic mass is 16.7. The minimum absolute atomic E-state index is 0.196. The van der Waals surface area contributed by atoms with Crippen LogP contribution in [0.2, 0.25) is 0 Å². The van der Waals surface area contributed by atoms with Crippen LogP contribution in [0.4, 0.5) is 0 Å². The van der Waals surface area contributed by atoms with E-state index < -0.39 is 0 Å². The highest BCUT2D eigenvalue weighted by molar-refractivity contribution is 5.16. The Hall–Kier alpha value is -1.32. The van der Waals surface area contributed by atoms with Gasteiger partial charge in [0, 0.05) is 24.7 Å². The fourth-order valence-corrected chi connectivity index (χ4v) is 3.13. The molecular formula is C16H22N2O. The van der Waals surface area contributed by atoms with Crippen molar-refractivity contribution in [2.24, 2.45) is 5.41 Å². The molecule has 0 aromatic heterocycles. The van der Waals surface area contributed by atoms with Gasteiger partial charge in [-0.2, -0.15) is 0 Å². The molecule has 2 aliphatic rings. The lowest BCUT2D eigenvalue weighted by molar-refractivity contribution is -0.0753. The number of hydrogen-bond donors (Lipinski definition) is 0. The van der Waals surface area contributed by atoms with Crippen LogP contribution in [0.1, 0.15) is 18.4 Å². The maximum atomic E-state index is 5.63. The second-order valence-corrected chi connectivity index (χ2v) is 5.76. The molecule has 2 saturated heterocycles. The minimum atomic E-state index is 0.196. The van der Waals surface area contributed by atoms with E-state index in [0.717, 1.165) is 44.8 Å². The lowest BCUT2D eigenvalue weighted by Gasteiger charge is -2.38. The number of rotatable bonds is 2. The molecule has 2 heterocycles. The smallest absolute Gasteiger partial charge is 0.0861 e. The number of hydrogen-bond acceptors (Lipinski definition) is 3. The predicted octanol–water partition coefficient (Wildman–Crippen LogP) is 2.66. The Kier molecular flexibility index (Phi) is 3.33. The summed E-state index contributed by atoms with van der Waals surface area (Å²) in [6.45, 7) is 8.33. The zero-order chi connectivity index (χ0) is 13.3. The molecule has 0 radical (unpaired) electrons. The summed E-state index contributed by atoms with van der Waals surface area (Å²) < 4.78 is 0. The molecular weight excluding hydrogens is 236 g/mol. The molecule has 1 spiro atoms. The standard InChI is InChI=1S/C16H22N2O/c1-14-16(13-19-17(14)2)8-10-18(11-9-16)12-15-6-4-3-5-7-15/h3-7H,1,8-13H2,2H3. The van der Waals surface area contributed by atoms with Gasteiger partial charge in [0.15, 0.2) is 0 Å². The van der Waals surface area contributed by atoms with Crippen LogP contribution < -0.4 is 0 Å². The Morgan fingerprint density at radius 3 is 2.47 bits per heavy atom. The summed E-state index contributed by atoms with van der Waals surface area (Å²) in [5.41, 5.74) is 2.76. The Morgan fingerprint density at radius 1 is 1.21 bits per heavy atom. The number of hydroxylamine groups is 2. The van der Waals surface area contributed by atoms with E-state index in [2.05, 4.69) is 41.8 Å². The van der Waals surface area contributed by atoms with E-state index in [0.29, 0.717) is 0 Å². The highest BCUT2D eigenvalue weighted by Crippen LogP contribution is 2.44. The van der Waals surface area contributed by atoms with Gasteiger partial charge in [0.2, 0.25) is 0 Å². The molecule has 2 fully saturated rings. The Balaban J connectivity index is 1.60. The molecule has 0 bridgehead atoms. The first kappa shape index (κ1) is 12.7. The molecule has 0 saturated carbocycles. The van der Waals surface area contributed by atoms with Gasteiger partial charge in [0.1, 0.15) is 0 Å². The SMILES string of the molecule is C=C1N(C)OCC12CCN(Cc1ccccc1)CC2.